The standard InChI is InChI=1S/C17H23NO6/c1-10-15(24-12(3)20)14(18-11(2)19)16(17(21)23-10)22-9-13-7-5-4-6-8-13/h4-8,10,14-17,21H,9H2,1-3H3,(H,18,19)/t10-,14+,15+,16-,17?/m1/s1. The van der Waals surface area contributed by atoms with Crippen molar-refractivity contribution in [1.82, 2.24) is 5.32 Å². The summed E-state index contributed by atoms with van der Waals surface area (Å²) in [5, 5.41) is 12.9. The summed E-state index contributed by atoms with van der Waals surface area (Å²) in [6.45, 7) is 4.52. The summed E-state index contributed by atoms with van der Waals surface area (Å²) in [6, 6.07) is 8.70. The first-order valence-corrected chi connectivity index (χ1v) is 7.82. The fourth-order valence-electron chi connectivity index (χ4n) is 2.74. The lowest BCUT2D eigenvalue weighted by atomic mass is 9.96. The zero-order chi connectivity index (χ0) is 17.7. The van der Waals surface area contributed by atoms with E-state index in [2.05, 4.69) is 5.32 Å². The number of ether oxygens (including phenoxy) is 3. The molecule has 1 aromatic carbocycles. The number of rotatable bonds is 5. The van der Waals surface area contributed by atoms with Crippen LogP contribution >= 0.6 is 0 Å². The fraction of sp³-hybridized carbons (Fsp3) is 0.529. The third kappa shape index (κ3) is 4.77. The quantitative estimate of drug-likeness (QED) is 0.770. The van der Waals surface area contributed by atoms with E-state index in [9.17, 15) is 14.7 Å². The highest BCUT2D eigenvalue weighted by Crippen LogP contribution is 2.25. The molecule has 2 N–H and O–H groups in total. The Morgan fingerprint density at radius 3 is 2.46 bits per heavy atom. The maximum Gasteiger partial charge on any atom is 0.303 e. The first kappa shape index (κ1) is 18.4. The SMILES string of the molecule is CC(=O)N[C@H]1[C@@H](OC(C)=O)[C@@H](C)OC(O)[C@@H]1OCc1ccccc1. The van der Waals surface area contributed by atoms with Crippen molar-refractivity contribution in [3.63, 3.8) is 0 Å². The molecule has 0 bridgehead atoms. The highest BCUT2D eigenvalue weighted by molar-refractivity contribution is 5.73. The number of hydrogen-bond donors (Lipinski definition) is 2. The van der Waals surface area contributed by atoms with Gasteiger partial charge in [-0.25, -0.2) is 0 Å². The van der Waals surface area contributed by atoms with Crippen molar-refractivity contribution < 1.29 is 28.9 Å². The van der Waals surface area contributed by atoms with Crippen molar-refractivity contribution in [2.24, 2.45) is 0 Å². The van der Waals surface area contributed by atoms with Gasteiger partial charge in [0.15, 0.2) is 12.4 Å². The molecule has 132 valence electrons. The van der Waals surface area contributed by atoms with Gasteiger partial charge in [0, 0.05) is 13.8 Å². The molecule has 1 aliphatic heterocycles. The third-order valence-corrected chi connectivity index (χ3v) is 3.76. The average Bonchev–Trinajstić information content (AvgIpc) is 2.51. The molecule has 1 saturated heterocycles. The molecule has 1 aromatic rings. The molecule has 0 aromatic heterocycles. The van der Waals surface area contributed by atoms with Gasteiger partial charge in [-0.1, -0.05) is 30.3 Å². The Bertz CT molecular complexity index is 563. The predicted octanol–water partition coefficient (Wildman–Crippen LogP) is 0.745. The highest BCUT2D eigenvalue weighted by atomic mass is 16.7. The van der Waals surface area contributed by atoms with Crippen LogP contribution in [-0.2, 0) is 30.4 Å². The number of aliphatic hydroxyl groups is 1. The van der Waals surface area contributed by atoms with Crippen LogP contribution < -0.4 is 5.32 Å². The van der Waals surface area contributed by atoms with E-state index in [1.54, 1.807) is 6.92 Å². The van der Waals surface area contributed by atoms with Gasteiger partial charge in [0.1, 0.15) is 6.10 Å². The molecule has 24 heavy (non-hydrogen) atoms. The van der Waals surface area contributed by atoms with Gasteiger partial charge in [-0.3, -0.25) is 9.59 Å². The van der Waals surface area contributed by atoms with Gasteiger partial charge in [0.05, 0.1) is 18.8 Å². The monoisotopic (exact) mass is 337 g/mol. The van der Waals surface area contributed by atoms with Crippen LogP contribution in [0.4, 0.5) is 0 Å². The van der Waals surface area contributed by atoms with Crippen molar-refractivity contribution in [3.05, 3.63) is 35.9 Å². The normalized spacial score (nSPS) is 29.8. The van der Waals surface area contributed by atoms with E-state index in [1.807, 2.05) is 30.3 Å². The molecule has 1 unspecified atom stereocenters. The van der Waals surface area contributed by atoms with E-state index >= 15 is 0 Å². The summed E-state index contributed by atoms with van der Waals surface area (Å²) in [6.07, 6.45) is -3.45. The Labute approximate surface area is 140 Å². The molecule has 1 aliphatic rings. The Kier molecular flexibility index (Phi) is 6.30. The number of nitrogens with one attached hydrogen (secondary N) is 1. The maximum atomic E-state index is 11.5. The van der Waals surface area contributed by atoms with Crippen molar-refractivity contribution in [2.75, 3.05) is 0 Å². The number of carbonyl (C=O) groups excluding carboxylic acids is 2. The predicted molar refractivity (Wildman–Crippen MR) is 84.7 cm³/mol. The van der Waals surface area contributed by atoms with Crippen LogP contribution in [-0.4, -0.2) is 47.6 Å². The molecule has 1 heterocycles. The molecule has 1 amide bonds. The van der Waals surface area contributed by atoms with E-state index in [1.165, 1.54) is 13.8 Å². The van der Waals surface area contributed by atoms with Gasteiger partial charge in [-0.2, -0.15) is 0 Å². The molecule has 0 aliphatic carbocycles. The zero-order valence-electron chi connectivity index (χ0n) is 14.0. The molecular formula is C17H23NO6. The lowest BCUT2D eigenvalue weighted by Gasteiger charge is -2.43. The van der Waals surface area contributed by atoms with E-state index in [0.717, 1.165) is 5.56 Å². The molecule has 7 nitrogen and oxygen atoms in total. The summed E-state index contributed by atoms with van der Waals surface area (Å²) in [7, 11) is 0. The van der Waals surface area contributed by atoms with Gasteiger partial charge in [0.2, 0.25) is 5.91 Å². The van der Waals surface area contributed by atoms with Crippen molar-refractivity contribution in [3.8, 4) is 0 Å². The number of esters is 1. The Hall–Kier alpha value is -1.96. The minimum Gasteiger partial charge on any atom is -0.457 e. The first-order chi connectivity index (χ1) is 11.4. The summed E-state index contributed by atoms with van der Waals surface area (Å²) >= 11 is 0. The summed E-state index contributed by atoms with van der Waals surface area (Å²) in [4.78, 5) is 22.9. The zero-order valence-corrected chi connectivity index (χ0v) is 14.0. The van der Waals surface area contributed by atoms with Gasteiger partial charge in [-0.05, 0) is 12.5 Å². The molecule has 7 heteroatoms. The van der Waals surface area contributed by atoms with E-state index in [-0.39, 0.29) is 12.5 Å². The Morgan fingerprint density at radius 2 is 1.88 bits per heavy atom. The summed E-state index contributed by atoms with van der Waals surface area (Å²) < 4.78 is 16.5. The largest absolute Gasteiger partial charge is 0.457 e. The molecule has 0 saturated carbocycles. The second-order valence-corrected chi connectivity index (χ2v) is 5.79. The number of aliphatic hydroxyl groups excluding tert-OH is 1. The van der Waals surface area contributed by atoms with Crippen LogP contribution in [0.25, 0.3) is 0 Å². The first-order valence-electron chi connectivity index (χ1n) is 7.82. The lowest BCUT2D eigenvalue weighted by molar-refractivity contribution is -0.268. The van der Waals surface area contributed by atoms with E-state index < -0.39 is 36.6 Å². The van der Waals surface area contributed by atoms with Crippen LogP contribution in [0.15, 0.2) is 30.3 Å². The van der Waals surface area contributed by atoms with Crippen molar-refractivity contribution in [2.45, 2.75) is 58.0 Å². The van der Waals surface area contributed by atoms with E-state index in [4.69, 9.17) is 14.2 Å². The van der Waals surface area contributed by atoms with Crippen LogP contribution in [0.3, 0.4) is 0 Å². The summed E-state index contributed by atoms with van der Waals surface area (Å²) in [5.41, 5.74) is 0.911. The van der Waals surface area contributed by atoms with E-state index in [0.29, 0.717) is 0 Å². The Morgan fingerprint density at radius 1 is 1.21 bits per heavy atom. The molecule has 0 spiro atoms. The van der Waals surface area contributed by atoms with Crippen LogP contribution in [0, 0.1) is 0 Å². The highest BCUT2D eigenvalue weighted by Gasteiger charge is 2.46. The number of hydrogen-bond acceptors (Lipinski definition) is 6. The van der Waals surface area contributed by atoms with Crippen molar-refractivity contribution in [1.29, 1.82) is 0 Å². The molecule has 0 radical (unpaired) electrons. The number of carbonyl (C=O) groups is 2. The van der Waals surface area contributed by atoms with Crippen LogP contribution in [0.1, 0.15) is 26.3 Å². The molecule has 5 atom stereocenters. The van der Waals surface area contributed by atoms with Gasteiger partial charge >= 0.3 is 5.97 Å². The fourth-order valence-corrected chi connectivity index (χ4v) is 2.74. The van der Waals surface area contributed by atoms with Gasteiger partial charge < -0.3 is 24.6 Å². The minimum absolute atomic E-state index is 0.225. The smallest absolute Gasteiger partial charge is 0.303 e. The second kappa shape index (κ2) is 8.23. The van der Waals surface area contributed by atoms with Gasteiger partial charge in [-0.15, -0.1) is 0 Å². The topological polar surface area (TPSA) is 94.1 Å². The molecule has 1 fully saturated rings. The minimum atomic E-state index is -1.24. The summed E-state index contributed by atoms with van der Waals surface area (Å²) in [5.74, 6) is -0.809. The number of amides is 1. The lowest BCUT2D eigenvalue weighted by Crippen LogP contribution is -2.64. The maximum absolute atomic E-state index is 11.5. The number of benzene rings is 1. The average molecular weight is 337 g/mol. The second-order valence-electron chi connectivity index (χ2n) is 5.79. The van der Waals surface area contributed by atoms with Gasteiger partial charge in [0.25, 0.3) is 0 Å². The molecular weight excluding hydrogens is 314 g/mol. The third-order valence-electron chi connectivity index (χ3n) is 3.76. The van der Waals surface area contributed by atoms with Crippen molar-refractivity contribution >= 4 is 11.9 Å². The van der Waals surface area contributed by atoms with Crippen LogP contribution in [0.5, 0.6) is 0 Å². The molecule has 2 rings (SSSR count). The Balaban J connectivity index is 2.16. The van der Waals surface area contributed by atoms with Crippen LogP contribution in [0.2, 0.25) is 0 Å².